The third kappa shape index (κ3) is 4.07. The maximum atomic E-state index is 13.1. The molecule has 0 unspecified atom stereocenters. The summed E-state index contributed by atoms with van der Waals surface area (Å²) in [4.78, 5) is 29.0. The highest BCUT2D eigenvalue weighted by molar-refractivity contribution is 9.10. The van der Waals surface area contributed by atoms with Gasteiger partial charge in [-0.05, 0) is 66.3 Å². The number of carbonyl (C=O) groups is 1. The van der Waals surface area contributed by atoms with E-state index in [-0.39, 0.29) is 11.5 Å². The Morgan fingerprint density at radius 2 is 1.76 bits per heavy atom. The SMILES string of the molecule is CCOC(=O)c1cc2c(n1Cc1ccc(Br)cc1)-c1[nH]c(=O)c(-c3ccccc3)cc1CC2. The minimum Gasteiger partial charge on any atom is -0.461 e. The van der Waals surface area contributed by atoms with Crippen molar-refractivity contribution >= 4 is 21.9 Å². The summed E-state index contributed by atoms with van der Waals surface area (Å²) in [7, 11) is 0. The van der Waals surface area contributed by atoms with Crippen LogP contribution < -0.4 is 5.56 Å². The number of nitrogens with one attached hydrogen (secondary N) is 1. The zero-order valence-corrected chi connectivity index (χ0v) is 19.8. The average Bonchev–Trinajstić information content (AvgIpc) is 3.20. The van der Waals surface area contributed by atoms with E-state index in [1.807, 2.05) is 71.3 Å². The summed E-state index contributed by atoms with van der Waals surface area (Å²) in [5.41, 5.74) is 6.77. The molecule has 0 amide bonds. The number of nitrogens with zero attached hydrogens (tertiary/aromatic N) is 1. The Morgan fingerprint density at radius 3 is 2.48 bits per heavy atom. The Balaban J connectivity index is 1.67. The lowest BCUT2D eigenvalue weighted by Crippen LogP contribution is -2.19. The van der Waals surface area contributed by atoms with Crippen LogP contribution in [0.3, 0.4) is 0 Å². The van der Waals surface area contributed by atoms with E-state index in [2.05, 4.69) is 20.9 Å². The highest BCUT2D eigenvalue weighted by Gasteiger charge is 2.28. The summed E-state index contributed by atoms with van der Waals surface area (Å²) in [6.45, 7) is 2.61. The second kappa shape index (κ2) is 8.87. The van der Waals surface area contributed by atoms with Gasteiger partial charge in [-0.15, -0.1) is 0 Å². The minimum atomic E-state index is -0.353. The summed E-state index contributed by atoms with van der Waals surface area (Å²) in [6.07, 6.45) is 1.59. The number of halogens is 1. The Hall–Kier alpha value is -3.38. The molecule has 33 heavy (non-hydrogen) atoms. The quantitative estimate of drug-likeness (QED) is 0.361. The molecule has 5 nitrogen and oxygen atoms in total. The van der Waals surface area contributed by atoms with E-state index in [4.69, 9.17) is 4.74 Å². The number of H-pyrrole nitrogens is 1. The predicted molar refractivity (Wildman–Crippen MR) is 133 cm³/mol. The van der Waals surface area contributed by atoms with Crippen LogP contribution in [0, 0.1) is 0 Å². The van der Waals surface area contributed by atoms with Crippen molar-refractivity contribution in [3.63, 3.8) is 0 Å². The van der Waals surface area contributed by atoms with Gasteiger partial charge in [0.2, 0.25) is 0 Å². The summed E-state index contributed by atoms with van der Waals surface area (Å²) in [5.74, 6) is -0.353. The molecule has 1 aliphatic carbocycles. The molecule has 1 N–H and O–H groups in total. The van der Waals surface area contributed by atoms with Crippen LogP contribution in [0.1, 0.15) is 34.1 Å². The van der Waals surface area contributed by atoms with E-state index < -0.39 is 0 Å². The van der Waals surface area contributed by atoms with Crippen molar-refractivity contribution in [3.05, 3.63) is 104 Å². The molecule has 0 saturated carbocycles. The maximum Gasteiger partial charge on any atom is 0.354 e. The molecule has 4 aromatic rings. The van der Waals surface area contributed by atoms with Gasteiger partial charge < -0.3 is 14.3 Å². The van der Waals surface area contributed by atoms with Crippen LogP contribution in [0.15, 0.2) is 76.0 Å². The molecule has 2 aromatic carbocycles. The minimum absolute atomic E-state index is 0.137. The van der Waals surface area contributed by atoms with E-state index in [1.165, 1.54) is 0 Å². The Bertz CT molecular complexity index is 1390. The van der Waals surface area contributed by atoms with Crippen molar-refractivity contribution in [2.24, 2.45) is 0 Å². The summed E-state index contributed by atoms with van der Waals surface area (Å²) < 4.78 is 8.33. The zero-order chi connectivity index (χ0) is 22.9. The fourth-order valence-corrected chi connectivity index (χ4v) is 4.75. The smallest absolute Gasteiger partial charge is 0.354 e. The highest BCUT2D eigenvalue weighted by atomic mass is 79.9. The third-order valence-corrected chi connectivity index (χ3v) is 6.55. The second-order valence-corrected chi connectivity index (χ2v) is 9.03. The molecule has 0 radical (unpaired) electrons. The van der Waals surface area contributed by atoms with Crippen molar-refractivity contribution < 1.29 is 9.53 Å². The first-order chi connectivity index (χ1) is 16.0. The van der Waals surface area contributed by atoms with Crippen LogP contribution in [0.2, 0.25) is 0 Å². The molecular formula is C27H23BrN2O3. The first kappa shape index (κ1) is 21.5. The van der Waals surface area contributed by atoms with Crippen LogP contribution in [0.4, 0.5) is 0 Å². The Morgan fingerprint density at radius 1 is 1.03 bits per heavy atom. The highest BCUT2D eigenvalue weighted by Crippen LogP contribution is 2.36. The molecule has 0 fully saturated rings. The standard InChI is InChI=1S/C27H23BrN2O3/c1-2-33-27(32)23-15-20-11-10-19-14-22(18-6-4-3-5-7-18)26(31)29-24(19)25(20)30(23)16-17-8-12-21(28)13-9-17/h3-9,12-15H,2,10-11,16H2,1H3,(H,29,31). The molecule has 0 saturated heterocycles. The van der Waals surface area contributed by atoms with Crippen molar-refractivity contribution in [1.82, 2.24) is 9.55 Å². The molecule has 2 aromatic heterocycles. The number of carbonyl (C=O) groups excluding carboxylic acids is 1. The molecular weight excluding hydrogens is 480 g/mol. The van der Waals surface area contributed by atoms with Gasteiger partial charge in [0.25, 0.3) is 5.56 Å². The van der Waals surface area contributed by atoms with Gasteiger partial charge in [0, 0.05) is 16.6 Å². The van der Waals surface area contributed by atoms with Gasteiger partial charge in [-0.1, -0.05) is 58.4 Å². The molecule has 0 bridgehead atoms. The van der Waals surface area contributed by atoms with Crippen molar-refractivity contribution in [1.29, 1.82) is 0 Å². The number of fused-ring (bicyclic) bond motifs is 3. The molecule has 0 spiro atoms. The van der Waals surface area contributed by atoms with Gasteiger partial charge in [0.1, 0.15) is 5.69 Å². The van der Waals surface area contributed by atoms with Crippen LogP contribution >= 0.6 is 15.9 Å². The number of aromatic amines is 1. The Kier molecular flexibility index (Phi) is 5.77. The molecule has 0 aliphatic heterocycles. The van der Waals surface area contributed by atoms with Gasteiger partial charge in [0.15, 0.2) is 0 Å². The molecule has 166 valence electrons. The number of hydrogen-bond acceptors (Lipinski definition) is 3. The van der Waals surface area contributed by atoms with Crippen molar-refractivity contribution in [2.45, 2.75) is 26.3 Å². The normalized spacial score (nSPS) is 12.2. The van der Waals surface area contributed by atoms with E-state index >= 15 is 0 Å². The van der Waals surface area contributed by atoms with Gasteiger partial charge in [-0.2, -0.15) is 0 Å². The summed E-state index contributed by atoms with van der Waals surface area (Å²) >= 11 is 3.48. The topological polar surface area (TPSA) is 64.1 Å². The van der Waals surface area contributed by atoms with E-state index in [1.54, 1.807) is 6.92 Å². The van der Waals surface area contributed by atoms with Crippen molar-refractivity contribution in [2.75, 3.05) is 6.61 Å². The summed E-state index contributed by atoms with van der Waals surface area (Å²) in [5, 5.41) is 0. The number of aromatic nitrogens is 2. The third-order valence-electron chi connectivity index (χ3n) is 6.02. The lowest BCUT2D eigenvalue weighted by Gasteiger charge is -2.21. The predicted octanol–water partition coefficient (Wildman–Crippen LogP) is 5.60. The fraction of sp³-hybridized carbons (Fsp3) is 0.185. The van der Waals surface area contributed by atoms with E-state index in [9.17, 15) is 9.59 Å². The van der Waals surface area contributed by atoms with Crippen LogP contribution in [0.25, 0.3) is 22.5 Å². The van der Waals surface area contributed by atoms with Gasteiger partial charge in [0.05, 0.1) is 18.0 Å². The number of ether oxygens (including phenoxy) is 1. The molecule has 0 atom stereocenters. The number of esters is 1. The first-order valence-corrected chi connectivity index (χ1v) is 11.8. The first-order valence-electron chi connectivity index (χ1n) is 11.0. The number of hydrogen-bond donors (Lipinski definition) is 1. The van der Waals surface area contributed by atoms with Gasteiger partial charge >= 0.3 is 5.97 Å². The number of aryl methyl sites for hydroxylation is 2. The average molecular weight is 503 g/mol. The van der Waals surface area contributed by atoms with Gasteiger partial charge in [-0.25, -0.2) is 4.79 Å². The largest absolute Gasteiger partial charge is 0.461 e. The van der Waals surface area contributed by atoms with Crippen molar-refractivity contribution in [3.8, 4) is 22.5 Å². The Labute approximate surface area is 200 Å². The van der Waals surface area contributed by atoms with Crippen LogP contribution in [0.5, 0.6) is 0 Å². The second-order valence-electron chi connectivity index (χ2n) is 8.11. The molecule has 1 aliphatic rings. The number of benzene rings is 2. The van der Waals surface area contributed by atoms with Crippen LogP contribution in [-0.4, -0.2) is 22.1 Å². The summed E-state index contributed by atoms with van der Waals surface area (Å²) in [6, 6.07) is 21.6. The molecule has 2 heterocycles. The van der Waals surface area contributed by atoms with Crippen LogP contribution in [-0.2, 0) is 24.1 Å². The van der Waals surface area contributed by atoms with E-state index in [0.717, 1.165) is 51.0 Å². The fourth-order valence-electron chi connectivity index (χ4n) is 4.48. The molecule has 6 heteroatoms. The number of rotatable bonds is 5. The van der Waals surface area contributed by atoms with Gasteiger partial charge in [-0.3, -0.25) is 4.79 Å². The lowest BCUT2D eigenvalue weighted by atomic mass is 9.92. The lowest BCUT2D eigenvalue weighted by molar-refractivity contribution is 0.0514. The zero-order valence-electron chi connectivity index (χ0n) is 18.2. The monoisotopic (exact) mass is 502 g/mol. The number of pyridine rings is 1. The molecule has 5 rings (SSSR count). The van der Waals surface area contributed by atoms with E-state index in [0.29, 0.717) is 24.4 Å². The maximum absolute atomic E-state index is 13.1.